The average Bonchev–Trinajstić information content (AvgIpc) is 1.86. The number of methoxy groups -OCH3 is 1. The number of carbonyl (C=O) groups excluding carboxylic acids is 1. The normalized spacial score (nSPS) is 12.7. The van der Waals surface area contributed by atoms with Crippen molar-refractivity contribution in [2.45, 2.75) is 26.1 Å². The van der Waals surface area contributed by atoms with E-state index < -0.39 is 11.7 Å². The van der Waals surface area contributed by atoms with Crippen molar-refractivity contribution in [2.75, 3.05) is 7.11 Å². The Balaban J connectivity index is 3.49. The molecule has 0 heterocycles. The second-order valence-electron chi connectivity index (χ2n) is 1.81. The molecule has 3 nitrogen and oxygen atoms in total. The number of rotatable bonds is 4. The van der Waals surface area contributed by atoms with Crippen molar-refractivity contribution in [1.29, 1.82) is 0 Å². The zero-order valence-electron chi connectivity index (χ0n) is 6.09. The number of carbonyl (C=O) groups is 1. The summed E-state index contributed by atoms with van der Waals surface area (Å²) in [6.07, 6.45) is 1.08. The maximum atomic E-state index is 10.2. The Labute approximate surface area is 65.3 Å². The van der Waals surface area contributed by atoms with E-state index in [9.17, 15) is 4.79 Å². The molecule has 0 rings (SSSR count). The molecule has 0 radical (unpaired) electrons. The van der Waals surface area contributed by atoms with Crippen molar-refractivity contribution in [3.05, 3.63) is 0 Å². The van der Waals surface area contributed by atoms with Gasteiger partial charge < -0.3 is 9.47 Å². The van der Waals surface area contributed by atoms with Gasteiger partial charge in [0.2, 0.25) is 6.29 Å². The fraction of sp³-hybridized carbons (Fsp3) is 0.833. The summed E-state index contributed by atoms with van der Waals surface area (Å²) in [5.74, 6) is 0. The van der Waals surface area contributed by atoms with Crippen LogP contribution in [-0.2, 0) is 9.47 Å². The molecule has 4 heteroatoms. The van der Waals surface area contributed by atoms with Crippen molar-refractivity contribution in [2.24, 2.45) is 0 Å². The third kappa shape index (κ3) is 4.58. The van der Waals surface area contributed by atoms with Gasteiger partial charge in [-0.2, -0.15) is 0 Å². The van der Waals surface area contributed by atoms with Gasteiger partial charge in [-0.1, -0.05) is 13.3 Å². The molecule has 0 saturated heterocycles. The lowest BCUT2D eigenvalue weighted by Crippen LogP contribution is -2.15. The Hall–Kier alpha value is -0.280. The largest absolute Gasteiger partial charge is 0.424 e. The van der Waals surface area contributed by atoms with Crippen molar-refractivity contribution >= 4 is 17.0 Å². The lowest BCUT2D eigenvalue weighted by Gasteiger charge is -2.11. The molecule has 0 aromatic rings. The molecule has 1 atom stereocenters. The highest BCUT2D eigenvalue weighted by molar-refractivity contribution is 6.61. The van der Waals surface area contributed by atoms with Crippen molar-refractivity contribution in [1.82, 2.24) is 0 Å². The van der Waals surface area contributed by atoms with E-state index in [1.807, 2.05) is 6.92 Å². The highest BCUT2D eigenvalue weighted by atomic mass is 35.5. The van der Waals surface area contributed by atoms with Gasteiger partial charge in [-0.15, -0.1) is 0 Å². The van der Waals surface area contributed by atoms with E-state index in [1.54, 1.807) is 0 Å². The van der Waals surface area contributed by atoms with Gasteiger partial charge in [-0.25, -0.2) is 4.79 Å². The zero-order chi connectivity index (χ0) is 7.98. The van der Waals surface area contributed by atoms with Crippen LogP contribution in [0.4, 0.5) is 4.79 Å². The fourth-order valence-electron chi connectivity index (χ4n) is 0.564. The number of ether oxygens (including phenoxy) is 2. The number of halogens is 1. The van der Waals surface area contributed by atoms with Gasteiger partial charge in [0.25, 0.3) is 0 Å². The number of hydrogen-bond donors (Lipinski definition) is 0. The van der Waals surface area contributed by atoms with Crippen molar-refractivity contribution in [3.63, 3.8) is 0 Å². The zero-order valence-corrected chi connectivity index (χ0v) is 6.85. The van der Waals surface area contributed by atoms with Gasteiger partial charge >= 0.3 is 5.43 Å². The Morgan fingerprint density at radius 2 is 2.30 bits per heavy atom. The summed E-state index contributed by atoms with van der Waals surface area (Å²) in [5, 5.41) is 0. The van der Waals surface area contributed by atoms with Gasteiger partial charge in [0, 0.05) is 25.1 Å². The minimum atomic E-state index is -0.819. The van der Waals surface area contributed by atoms with Crippen LogP contribution in [0.2, 0.25) is 0 Å². The molecule has 0 aliphatic heterocycles. The van der Waals surface area contributed by atoms with Gasteiger partial charge in [0.15, 0.2) is 0 Å². The smallest absolute Gasteiger partial charge is 0.406 e. The molecule has 0 aromatic heterocycles. The molecule has 1 unspecified atom stereocenters. The topological polar surface area (TPSA) is 35.5 Å². The number of hydrogen-bond acceptors (Lipinski definition) is 3. The first kappa shape index (κ1) is 9.72. The van der Waals surface area contributed by atoms with Crippen LogP contribution in [-0.4, -0.2) is 18.8 Å². The Morgan fingerprint density at radius 1 is 1.70 bits per heavy atom. The van der Waals surface area contributed by atoms with E-state index in [2.05, 4.69) is 4.74 Å². The molecule has 60 valence electrons. The first-order chi connectivity index (χ1) is 4.70. The van der Waals surface area contributed by atoms with Gasteiger partial charge in [-0.3, -0.25) is 0 Å². The second kappa shape index (κ2) is 5.50. The summed E-state index contributed by atoms with van der Waals surface area (Å²) in [6, 6.07) is 0. The van der Waals surface area contributed by atoms with E-state index >= 15 is 0 Å². The molecule has 0 N–H and O–H groups in total. The molecule has 0 aliphatic rings. The molecular weight excluding hydrogens is 156 g/mol. The summed E-state index contributed by atoms with van der Waals surface area (Å²) in [5.41, 5.74) is -0.819. The molecule has 10 heavy (non-hydrogen) atoms. The minimum Gasteiger partial charge on any atom is -0.424 e. The van der Waals surface area contributed by atoms with Crippen LogP contribution in [0, 0.1) is 0 Å². The summed E-state index contributed by atoms with van der Waals surface area (Å²) in [6.45, 7) is 1.97. The third-order valence-electron chi connectivity index (χ3n) is 1.01. The monoisotopic (exact) mass is 166 g/mol. The van der Waals surface area contributed by atoms with E-state index in [4.69, 9.17) is 16.3 Å². The predicted octanol–water partition coefficient (Wildman–Crippen LogP) is 2.13. The summed E-state index contributed by atoms with van der Waals surface area (Å²) >= 11 is 4.95. The predicted molar refractivity (Wildman–Crippen MR) is 38.0 cm³/mol. The maximum absolute atomic E-state index is 10.2. The Bertz CT molecular complexity index is 105. The molecule has 0 aromatic carbocycles. The molecule has 0 spiro atoms. The Morgan fingerprint density at radius 3 is 2.60 bits per heavy atom. The van der Waals surface area contributed by atoms with E-state index in [1.165, 1.54) is 7.11 Å². The highest BCUT2D eigenvalue weighted by Crippen LogP contribution is 2.04. The maximum Gasteiger partial charge on any atom is 0.406 e. The lowest BCUT2D eigenvalue weighted by molar-refractivity contribution is -0.0777. The summed E-state index contributed by atoms with van der Waals surface area (Å²) in [7, 11) is 1.47. The van der Waals surface area contributed by atoms with Crippen molar-refractivity contribution in [3.8, 4) is 0 Å². The molecule has 0 amide bonds. The summed E-state index contributed by atoms with van der Waals surface area (Å²) < 4.78 is 9.32. The molecular formula is C6H11ClO3. The summed E-state index contributed by atoms with van der Waals surface area (Å²) in [4.78, 5) is 10.2. The van der Waals surface area contributed by atoms with Crippen LogP contribution < -0.4 is 0 Å². The molecule has 0 saturated carbocycles. The van der Waals surface area contributed by atoms with E-state index in [-0.39, 0.29) is 0 Å². The quantitative estimate of drug-likeness (QED) is 0.474. The average molecular weight is 167 g/mol. The van der Waals surface area contributed by atoms with E-state index in [0.29, 0.717) is 6.42 Å². The first-order valence-corrected chi connectivity index (χ1v) is 3.47. The second-order valence-corrected chi connectivity index (χ2v) is 2.12. The van der Waals surface area contributed by atoms with Crippen LogP contribution >= 0.6 is 11.6 Å². The first-order valence-electron chi connectivity index (χ1n) is 3.09. The van der Waals surface area contributed by atoms with Gasteiger partial charge in [0.1, 0.15) is 0 Å². The van der Waals surface area contributed by atoms with Crippen LogP contribution in [0.3, 0.4) is 0 Å². The molecule has 0 aliphatic carbocycles. The Kier molecular flexibility index (Phi) is 5.35. The lowest BCUT2D eigenvalue weighted by atomic mass is 10.3. The fourth-order valence-corrected chi connectivity index (χ4v) is 0.663. The highest BCUT2D eigenvalue weighted by Gasteiger charge is 2.08. The third-order valence-corrected chi connectivity index (χ3v) is 1.10. The van der Waals surface area contributed by atoms with Crippen LogP contribution in [0.15, 0.2) is 0 Å². The SMILES string of the molecule is CCCC(OC)OC(=O)Cl. The minimum absolute atomic E-state index is 0.491. The van der Waals surface area contributed by atoms with E-state index in [0.717, 1.165) is 6.42 Å². The van der Waals surface area contributed by atoms with Gasteiger partial charge in [-0.05, 0) is 0 Å². The van der Waals surface area contributed by atoms with Gasteiger partial charge in [0.05, 0.1) is 0 Å². The van der Waals surface area contributed by atoms with Crippen LogP contribution in [0.1, 0.15) is 19.8 Å². The van der Waals surface area contributed by atoms with Crippen LogP contribution in [0.25, 0.3) is 0 Å². The molecule has 0 bridgehead atoms. The molecule has 0 fully saturated rings. The standard InChI is InChI=1S/C6H11ClO3/c1-3-4-5(9-2)10-6(7)8/h5H,3-4H2,1-2H3. The van der Waals surface area contributed by atoms with Crippen molar-refractivity contribution < 1.29 is 14.3 Å². The van der Waals surface area contributed by atoms with Crippen LogP contribution in [0.5, 0.6) is 0 Å².